The Kier molecular flexibility index (Phi) is 14.7. The molecule has 0 unspecified atom stereocenters. The quantitative estimate of drug-likeness (QED) is 0.113. The standard InChI is InChI=1S/C98H54N10O3S2/c1-5-23-55(24-6-1)62-51-63(53-64(52-62)94-104-92(60-29-11-4-12-30-60)106-96(108-94)72-37-22-44-80-82(72)70-35-19-38-73(89(70)113-80)97-99-83(57-25-7-2-8-26-57)87-85(101-97)67-32-14-17-41-76(67)110-87)56-45-47-58(48-46-56)84-88-86(68-33-15-18-42-77(68)111-88)102-98(100-84)74-39-20-34-69-81-71(36-21-43-79(81)112-90(69)74)95-105-91(59-27-9-3-10-28-59)103-93(107-95)61-49-50-66-65-31-13-16-40-75(65)109-78(66)54-61/h1-54H. The van der Waals surface area contributed by atoms with Gasteiger partial charge in [-0.05, 0) is 107 Å². The van der Waals surface area contributed by atoms with Crippen LogP contribution in [-0.4, -0.2) is 49.8 Å². The molecule has 0 bridgehead atoms. The monoisotopic (exact) mass is 1480 g/mol. The molecule has 0 fully saturated rings. The highest BCUT2D eigenvalue weighted by Crippen LogP contribution is 2.48. The number of fused-ring (bicyclic) bond motifs is 15. The Labute approximate surface area is 651 Å². The van der Waals surface area contributed by atoms with Gasteiger partial charge in [-0.2, -0.15) is 0 Å². The van der Waals surface area contributed by atoms with E-state index in [4.69, 9.17) is 63.1 Å². The predicted molar refractivity (Wildman–Crippen MR) is 457 cm³/mol. The molecule has 0 radical (unpaired) electrons. The lowest BCUT2D eigenvalue weighted by atomic mass is 9.95. The summed E-state index contributed by atoms with van der Waals surface area (Å²) >= 11 is 3.41. The molecule has 0 aliphatic heterocycles. The zero-order valence-corrected chi connectivity index (χ0v) is 61.3. The topological polar surface area (TPSA) is 168 Å². The van der Waals surface area contributed by atoms with E-state index in [-0.39, 0.29) is 0 Å². The maximum Gasteiger partial charge on any atom is 0.180 e. The summed E-state index contributed by atoms with van der Waals surface area (Å²) in [4.78, 5) is 53.6. The second-order valence-corrected chi connectivity index (χ2v) is 30.1. The van der Waals surface area contributed by atoms with Gasteiger partial charge in [-0.1, -0.05) is 243 Å². The maximum atomic E-state index is 6.81. The van der Waals surface area contributed by atoms with Crippen molar-refractivity contribution in [2.45, 2.75) is 0 Å². The molecule has 15 heteroatoms. The zero-order valence-electron chi connectivity index (χ0n) is 59.7. The molecule has 23 rings (SSSR count). The van der Waals surface area contributed by atoms with E-state index in [0.29, 0.717) is 63.5 Å². The minimum Gasteiger partial charge on any atom is -0.456 e. The van der Waals surface area contributed by atoms with Gasteiger partial charge in [-0.3, -0.25) is 0 Å². The van der Waals surface area contributed by atoms with Crippen molar-refractivity contribution >= 4 is 129 Å². The van der Waals surface area contributed by atoms with E-state index >= 15 is 0 Å². The van der Waals surface area contributed by atoms with Gasteiger partial charge in [0.15, 0.2) is 57.8 Å². The van der Waals surface area contributed by atoms with Crippen molar-refractivity contribution < 1.29 is 13.3 Å². The van der Waals surface area contributed by atoms with Crippen LogP contribution in [0.4, 0.5) is 0 Å². The number of thiophene rings is 2. The summed E-state index contributed by atoms with van der Waals surface area (Å²) < 4.78 is 23.9. The Morgan fingerprint density at radius 2 is 0.540 bits per heavy atom. The van der Waals surface area contributed by atoms with Crippen molar-refractivity contribution in [1.82, 2.24) is 49.8 Å². The smallest absolute Gasteiger partial charge is 0.180 e. The highest BCUT2D eigenvalue weighted by atomic mass is 32.1. The molecule has 0 saturated carbocycles. The van der Waals surface area contributed by atoms with Crippen LogP contribution in [0.1, 0.15) is 0 Å². The summed E-state index contributed by atoms with van der Waals surface area (Å²) in [5.74, 6) is 4.47. The van der Waals surface area contributed by atoms with E-state index in [0.717, 1.165) is 179 Å². The molecule has 0 N–H and O–H groups in total. The Bertz CT molecular complexity index is 7820. The summed E-state index contributed by atoms with van der Waals surface area (Å²) in [6, 6.07) is 112. The third-order valence-electron chi connectivity index (χ3n) is 21.3. The van der Waals surface area contributed by atoms with Crippen LogP contribution in [0.25, 0.3) is 242 Å². The first kappa shape index (κ1) is 64.1. The molecule has 0 spiro atoms. The average molecular weight is 1480 g/mol. The molecular formula is C98H54N10O3S2. The van der Waals surface area contributed by atoms with Crippen LogP contribution in [0.5, 0.6) is 0 Å². The van der Waals surface area contributed by atoms with Crippen LogP contribution in [0.2, 0.25) is 0 Å². The van der Waals surface area contributed by atoms with Crippen LogP contribution in [0.15, 0.2) is 341 Å². The molecular weight excluding hydrogens is 1430 g/mol. The molecule has 0 aliphatic carbocycles. The van der Waals surface area contributed by atoms with Gasteiger partial charge >= 0.3 is 0 Å². The zero-order chi connectivity index (χ0) is 74.2. The number of rotatable bonds is 12. The number of hydrogen-bond donors (Lipinski definition) is 0. The van der Waals surface area contributed by atoms with Gasteiger partial charge in [-0.25, -0.2) is 49.8 Å². The number of para-hydroxylation sites is 3. The molecule has 9 heterocycles. The molecule has 0 amide bonds. The van der Waals surface area contributed by atoms with Crippen molar-refractivity contribution in [2.75, 3.05) is 0 Å². The van der Waals surface area contributed by atoms with Crippen LogP contribution in [-0.2, 0) is 0 Å². The van der Waals surface area contributed by atoms with Gasteiger partial charge < -0.3 is 13.3 Å². The van der Waals surface area contributed by atoms with Gasteiger partial charge in [0, 0.05) is 118 Å². The Morgan fingerprint density at radius 3 is 1.05 bits per heavy atom. The van der Waals surface area contributed by atoms with E-state index in [1.807, 2.05) is 133 Å². The second kappa shape index (κ2) is 25.9. The average Bonchev–Trinajstić information content (AvgIpc) is 1.60. The fraction of sp³-hybridized carbons (Fsp3) is 0. The molecule has 9 aromatic heterocycles. The fourth-order valence-corrected chi connectivity index (χ4v) is 18.4. The van der Waals surface area contributed by atoms with E-state index in [1.54, 1.807) is 22.7 Å². The minimum absolute atomic E-state index is 0.528. The van der Waals surface area contributed by atoms with Gasteiger partial charge in [0.05, 0.1) is 0 Å². The fourth-order valence-electron chi connectivity index (χ4n) is 15.9. The van der Waals surface area contributed by atoms with Crippen LogP contribution in [0, 0.1) is 0 Å². The highest BCUT2D eigenvalue weighted by molar-refractivity contribution is 7.27. The van der Waals surface area contributed by atoms with Gasteiger partial charge in [0.2, 0.25) is 0 Å². The van der Waals surface area contributed by atoms with Crippen molar-refractivity contribution in [3.05, 3.63) is 328 Å². The summed E-state index contributed by atoms with van der Waals surface area (Å²) in [6.07, 6.45) is 0. The SMILES string of the molecule is c1ccc(-c2cc(-c3ccc(-c4nc(-c5cccc6c5sc5cccc(-c7nc(-c8ccccc8)nc(-c8ccc9c(c8)oc8ccccc89)n7)c56)nc5c4oc4ccccc45)cc3)cc(-c3nc(-c4ccccc4)nc(-c4cccc5sc6c(-c7nc(-c8ccccc8)c8oc9ccccc9c8n7)cccc6c45)n3)c2)cc1. The maximum absolute atomic E-state index is 6.81. The first-order chi connectivity index (χ1) is 55.9. The molecule has 0 aliphatic rings. The summed E-state index contributed by atoms with van der Waals surface area (Å²) in [5.41, 5.74) is 20.0. The first-order valence-corrected chi connectivity index (χ1v) is 38.8. The lowest BCUT2D eigenvalue weighted by Crippen LogP contribution is -2.01. The third kappa shape index (κ3) is 10.8. The Balaban J connectivity index is 0.641. The largest absolute Gasteiger partial charge is 0.456 e. The van der Waals surface area contributed by atoms with Crippen LogP contribution >= 0.6 is 22.7 Å². The van der Waals surface area contributed by atoms with Gasteiger partial charge in [-0.15, -0.1) is 22.7 Å². The third-order valence-corrected chi connectivity index (χ3v) is 23.7. The van der Waals surface area contributed by atoms with Crippen LogP contribution < -0.4 is 0 Å². The van der Waals surface area contributed by atoms with E-state index < -0.39 is 0 Å². The summed E-state index contributed by atoms with van der Waals surface area (Å²) in [7, 11) is 0. The molecule has 0 saturated heterocycles. The molecule has 13 nitrogen and oxygen atoms in total. The summed E-state index contributed by atoms with van der Waals surface area (Å²) in [6.45, 7) is 0. The van der Waals surface area contributed by atoms with E-state index in [2.05, 4.69) is 194 Å². The Hall–Kier alpha value is -14.9. The van der Waals surface area contributed by atoms with Crippen LogP contribution in [0.3, 0.4) is 0 Å². The van der Waals surface area contributed by atoms with Crippen molar-refractivity contribution in [1.29, 1.82) is 0 Å². The normalized spacial score (nSPS) is 11.9. The Morgan fingerprint density at radius 1 is 0.195 bits per heavy atom. The number of hydrogen-bond acceptors (Lipinski definition) is 15. The second-order valence-electron chi connectivity index (χ2n) is 28.0. The van der Waals surface area contributed by atoms with E-state index in [9.17, 15) is 0 Å². The predicted octanol–water partition coefficient (Wildman–Crippen LogP) is 26.1. The van der Waals surface area contributed by atoms with Gasteiger partial charge in [0.1, 0.15) is 44.8 Å². The number of aromatic nitrogens is 10. The summed E-state index contributed by atoms with van der Waals surface area (Å²) in [5, 5.41) is 8.06. The van der Waals surface area contributed by atoms with Crippen molar-refractivity contribution in [3.8, 4) is 136 Å². The molecule has 0 atom stereocenters. The first-order valence-electron chi connectivity index (χ1n) is 37.2. The lowest BCUT2D eigenvalue weighted by Gasteiger charge is -2.13. The van der Waals surface area contributed by atoms with E-state index in [1.165, 1.54) is 0 Å². The number of benzene rings is 14. The molecule has 23 aromatic rings. The molecule has 113 heavy (non-hydrogen) atoms. The number of nitrogens with zero attached hydrogens (tertiary/aromatic N) is 10. The minimum atomic E-state index is 0.528. The lowest BCUT2D eigenvalue weighted by molar-refractivity contribution is 0.667. The van der Waals surface area contributed by atoms with Crippen molar-refractivity contribution in [2.24, 2.45) is 0 Å². The molecule has 14 aromatic carbocycles. The van der Waals surface area contributed by atoms with Crippen molar-refractivity contribution in [3.63, 3.8) is 0 Å². The van der Waals surface area contributed by atoms with Gasteiger partial charge in [0.25, 0.3) is 0 Å². The molecule has 526 valence electrons. The number of furan rings is 3. The highest BCUT2D eigenvalue weighted by Gasteiger charge is 2.27.